The lowest BCUT2D eigenvalue weighted by molar-refractivity contribution is -0.131. The lowest BCUT2D eigenvalue weighted by Crippen LogP contribution is -2.62. The van der Waals surface area contributed by atoms with Gasteiger partial charge in [-0.05, 0) is 57.3 Å². The number of aliphatic hydroxyl groups is 2. The highest BCUT2D eigenvalue weighted by molar-refractivity contribution is 5.87. The average Bonchev–Trinajstić information content (AvgIpc) is 3.88. The van der Waals surface area contributed by atoms with Crippen molar-refractivity contribution in [3.63, 3.8) is 0 Å². The Morgan fingerprint density at radius 3 is 2.09 bits per heavy atom. The number of benzene rings is 5. The number of nitrogens with one attached hydrogen (secondary N) is 6. The maximum absolute atomic E-state index is 14.5. The first-order valence-electron chi connectivity index (χ1n) is 22.4. The molecular formula is C52H59N7O7. The summed E-state index contributed by atoms with van der Waals surface area (Å²) in [5.74, 6) is -0.506. The highest BCUT2D eigenvalue weighted by atomic mass is 16.5. The minimum absolute atomic E-state index is 0.00756. The summed E-state index contributed by atoms with van der Waals surface area (Å²) in [4.78, 5) is 62.5. The third-order valence-corrected chi connectivity index (χ3v) is 11.8. The summed E-state index contributed by atoms with van der Waals surface area (Å²) in [6.45, 7) is 5.90. The Morgan fingerprint density at radius 1 is 0.758 bits per heavy atom. The third-order valence-electron chi connectivity index (χ3n) is 11.8. The number of carbonyl (C=O) groups is 4. The summed E-state index contributed by atoms with van der Waals surface area (Å²) in [7, 11) is 0. The number of aliphatic hydroxyl groups excluding tert-OH is 2. The van der Waals surface area contributed by atoms with Gasteiger partial charge in [0.05, 0.1) is 35.3 Å². The number of para-hydroxylation sites is 2. The Morgan fingerprint density at radius 2 is 1.39 bits per heavy atom. The molecule has 8 N–H and O–H groups in total. The van der Waals surface area contributed by atoms with Gasteiger partial charge in [0.1, 0.15) is 24.5 Å². The van der Waals surface area contributed by atoms with Gasteiger partial charge >= 0.3 is 6.09 Å². The molecule has 6 atom stereocenters. The first-order valence-corrected chi connectivity index (χ1v) is 22.4. The van der Waals surface area contributed by atoms with Crippen LogP contribution in [0.3, 0.4) is 0 Å². The van der Waals surface area contributed by atoms with E-state index < -0.39 is 59.7 Å². The van der Waals surface area contributed by atoms with Gasteiger partial charge in [0.15, 0.2) is 0 Å². The molecule has 14 nitrogen and oxygen atoms in total. The molecule has 1 aliphatic rings. The van der Waals surface area contributed by atoms with E-state index in [-0.39, 0.29) is 31.9 Å². The lowest BCUT2D eigenvalue weighted by Gasteiger charge is -2.35. The van der Waals surface area contributed by atoms with E-state index in [2.05, 4.69) is 36.6 Å². The molecule has 14 heteroatoms. The number of hydrogen-bond acceptors (Lipinski definition) is 9. The molecule has 0 spiro atoms. The van der Waals surface area contributed by atoms with E-state index in [1.807, 2.05) is 154 Å². The van der Waals surface area contributed by atoms with Crippen molar-refractivity contribution in [1.82, 2.24) is 36.6 Å². The van der Waals surface area contributed by atoms with Crippen LogP contribution in [0.4, 0.5) is 4.79 Å². The summed E-state index contributed by atoms with van der Waals surface area (Å²) in [5.41, 5.74) is 5.95. The van der Waals surface area contributed by atoms with Gasteiger partial charge in [-0.15, -0.1) is 0 Å². The molecule has 1 aromatic heterocycles. The number of imidazole rings is 1. The van der Waals surface area contributed by atoms with Gasteiger partial charge in [0.2, 0.25) is 17.7 Å². The van der Waals surface area contributed by atoms with Crippen molar-refractivity contribution in [2.75, 3.05) is 0 Å². The molecule has 7 rings (SSSR count). The molecule has 66 heavy (non-hydrogen) atoms. The van der Waals surface area contributed by atoms with Crippen molar-refractivity contribution >= 4 is 34.8 Å². The second-order valence-electron chi connectivity index (χ2n) is 17.9. The molecule has 0 aliphatic heterocycles. The largest absolute Gasteiger partial charge is 0.445 e. The Hall–Kier alpha value is -6.87. The quantitative estimate of drug-likeness (QED) is 0.0518. The number of alkyl carbamates (subject to hydrolysis) is 1. The second kappa shape index (κ2) is 21.9. The van der Waals surface area contributed by atoms with Crippen LogP contribution in [0.1, 0.15) is 72.4 Å². The van der Waals surface area contributed by atoms with E-state index in [4.69, 9.17) is 4.74 Å². The lowest BCUT2D eigenvalue weighted by atomic mass is 9.85. The normalized spacial score (nSPS) is 16.3. The van der Waals surface area contributed by atoms with Gasteiger partial charge < -0.3 is 41.2 Å². The van der Waals surface area contributed by atoms with E-state index in [0.717, 1.165) is 50.2 Å². The number of fused-ring (bicyclic) bond motifs is 2. The molecule has 1 aliphatic carbocycles. The van der Waals surface area contributed by atoms with Crippen molar-refractivity contribution in [3.8, 4) is 0 Å². The molecule has 344 valence electrons. The van der Waals surface area contributed by atoms with Crippen LogP contribution in [0.25, 0.3) is 11.0 Å². The molecule has 1 heterocycles. The first kappa shape index (κ1) is 47.1. The number of aromatic amines is 1. The fourth-order valence-corrected chi connectivity index (χ4v) is 8.19. The number of rotatable bonds is 19. The number of aryl methyl sites for hydroxylation is 1. The molecule has 2 unspecified atom stereocenters. The number of amides is 4. The van der Waals surface area contributed by atoms with E-state index in [0.29, 0.717) is 19.4 Å². The molecule has 4 amide bonds. The van der Waals surface area contributed by atoms with E-state index >= 15 is 0 Å². The van der Waals surface area contributed by atoms with Crippen molar-refractivity contribution < 1.29 is 34.1 Å². The predicted octanol–water partition coefficient (Wildman–Crippen LogP) is 5.47. The minimum Gasteiger partial charge on any atom is -0.445 e. The predicted molar refractivity (Wildman–Crippen MR) is 251 cm³/mol. The zero-order chi connectivity index (χ0) is 46.6. The van der Waals surface area contributed by atoms with Crippen LogP contribution in [0.5, 0.6) is 0 Å². The molecule has 0 saturated heterocycles. The first-order chi connectivity index (χ1) is 31.8. The fourth-order valence-electron chi connectivity index (χ4n) is 8.19. The van der Waals surface area contributed by atoms with Gasteiger partial charge in [-0.1, -0.05) is 142 Å². The van der Waals surface area contributed by atoms with Crippen LogP contribution >= 0.6 is 0 Å². The Labute approximate surface area is 385 Å². The molecule has 0 bridgehead atoms. The summed E-state index contributed by atoms with van der Waals surface area (Å²) >= 11 is 0. The van der Waals surface area contributed by atoms with Gasteiger partial charge in [-0.3, -0.25) is 19.7 Å². The molecule has 5 aromatic carbocycles. The number of aromatic nitrogens is 2. The average molecular weight is 894 g/mol. The Bertz CT molecular complexity index is 2530. The minimum atomic E-state index is -1.51. The van der Waals surface area contributed by atoms with Crippen LogP contribution in [0, 0.1) is 5.41 Å². The summed E-state index contributed by atoms with van der Waals surface area (Å²) in [5, 5.41) is 38.4. The van der Waals surface area contributed by atoms with Crippen LogP contribution in [0.2, 0.25) is 0 Å². The highest BCUT2D eigenvalue weighted by Gasteiger charge is 2.40. The van der Waals surface area contributed by atoms with Crippen molar-refractivity contribution in [2.24, 2.45) is 5.41 Å². The number of H-pyrrole nitrogens is 1. The van der Waals surface area contributed by atoms with Crippen molar-refractivity contribution in [3.05, 3.63) is 173 Å². The van der Waals surface area contributed by atoms with Crippen molar-refractivity contribution in [1.29, 1.82) is 0 Å². The number of nitrogens with zero attached hydrogens (tertiary/aromatic N) is 1. The van der Waals surface area contributed by atoms with Gasteiger partial charge in [-0.2, -0.15) is 0 Å². The van der Waals surface area contributed by atoms with Crippen molar-refractivity contribution in [2.45, 2.75) is 103 Å². The van der Waals surface area contributed by atoms with E-state index in [1.165, 1.54) is 0 Å². The smallest absolute Gasteiger partial charge is 0.408 e. The van der Waals surface area contributed by atoms with E-state index in [1.54, 1.807) is 0 Å². The monoisotopic (exact) mass is 893 g/mol. The number of ether oxygens (including phenoxy) is 1. The molecule has 0 radical (unpaired) electrons. The summed E-state index contributed by atoms with van der Waals surface area (Å²) < 4.78 is 5.47. The second-order valence-corrected chi connectivity index (χ2v) is 17.9. The van der Waals surface area contributed by atoms with Gasteiger partial charge in [0.25, 0.3) is 0 Å². The topological polar surface area (TPSA) is 207 Å². The number of carbonyl (C=O) groups excluding carboxylic acids is 4. The zero-order valence-electron chi connectivity index (χ0n) is 37.5. The summed E-state index contributed by atoms with van der Waals surface area (Å²) in [6.07, 6.45) is -1.93. The Balaban J connectivity index is 1.05. The van der Waals surface area contributed by atoms with Crippen LogP contribution in [0.15, 0.2) is 133 Å². The zero-order valence-corrected chi connectivity index (χ0v) is 37.5. The number of hydrogen-bond donors (Lipinski definition) is 8. The summed E-state index contributed by atoms with van der Waals surface area (Å²) in [6, 6.07) is 37.1. The standard InChI is InChI=1S/C52H59N7O7/c1-52(2,3)48(59-51(65)66-32-36-16-8-5-9-17-36)50(64)57-41(28-33-14-6-4-7-15-33)47(62)46(49(63)58-45-38-19-11-10-18-37(38)29-42(45)60)54-31-35-24-22-34(23-25-35)30-53-44(61)27-26-43-55-39-20-12-13-21-40(39)56-43/h4-25,41-42,45-48,54,60,62H,26-32H2,1-3H3,(H,53,61)(H,55,56)(H,57,64)(H,58,63)(H,59,65)/t41-,42?,45?,46+,47+,48+/m0/s1. The van der Waals surface area contributed by atoms with Crippen LogP contribution in [-0.2, 0) is 58.1 Å². The fraction of sp³-hybridized carbons (Fsp3) is 0.327. The molecule has 0 fully saturated rings. The molecule has 6 aromatic rings. The van der Waals surface area contributed by atoms with Gasteiger partial charge in [0, 0.05) is 32.4 Å². The van der Waals surface area contributed by atoms with Crippen LogP contribution < -0.4 is 26.6 Å². The van der Waals surface area contributed by atoms with Gasteiger partial charge in [-0.25, -0.2) is 9.78 Å². The van der Waals surface area contributed by atoms with E-state index in [9.17, 15) is 29.4 Å². The maximum atomic E-state index is 14.5. The maximum Gasteiger partial charge on any atom is 0.408 e. The Kier molecular flexibility index (Phi) is 15.6. The third kappa shape index (κ3) is 12.7. The molecular weight excluding hydrogens is 835 g/mol. The SMILES string of the molecule is CC(C)(C)[C@H](NC(=O)OCc1ccccc1)C(=O)N[C@@H](Cc1ccccc1)[C@@H](O)[C@@H](NCc1ccc(CNC(=O)CCc2nc3ccccc3[nH]2)cc1)C(=O)NC1c2ccccc2CC1O. The highest BCUT2D eigenvalue weighted by Crippen LogP contribution is 2.31. The van der Waals surface area contributed by atoms with Crippen LogP contribution in [-0.4, -0.2) is 74.3 Å². The molecule has 0 saturated carbocycles.